The predicted molar refractivity (Wildman–Crippen MR) is 147 cm³/mol. The first-order chi connectivity index (χ1) is 17.8. The number of amides is 3. The van der Waals surface area contributed by atoms with E-state index < -0.39 is 18.1 Å². The Morgan fingerprint density at radius 3 is 2.32 bits per heavy atom. The minimum absolute atomic E-state index is 0.0796. The zero-order valence-corrected chi connectivity index (χ0v) is 22.4. The van der Waals surface area contributed by atoms with Crippen LogP contribution in [0.2, 0.25) is 0 Å². The van der Waals surface area contributed by atoms with Gasteiger partial charge in [0.05, 0.1) is 6.04 Å². The van der Waals surface area contributed by atoms with Gasteiger partial charge in [-0.05, 0) is 36.0 Å². The molecule has 0 spiro atoms. The summed E-state index contributed by atoms with van der Waals surface area (Å²) in [5.74, 6) is -0.675. The van der Waals surface area contributed by atoms with E-state index in [1.165, 1.54) is 4.90 Å². The molecule has 37 heavy (non-hydrogen) atoms. The molecule has 3 N–H and O–H groups in total. The van der Waals surface area contributed by atoms with Crippen molar-refractivity contribution in [1.82, 2.24) is 20.9 Å². The fourth-order valence-electron chi connectivity index (χ4n) is 4.43. The lowest BCUT2D eigenvalue weighted by molar-refractivity contribution is -0.141. The highest BCUT2D eigenvalue weighted by Gasteiger charge is 2.32. The molecule has 4 atom stereocenters. The minimum Gasteiger partial charge on any atom is -0.351 e. The third-order valence-corrected chi connectivity index (χ3v) is 7.23. The molecular weight excluding hydrogens is 464 g/mol. The first-order valence-corrected chi connectivity index (χ1v) is 13.2. The Morgan fingerprint density at radius 1 is 0.946 bits per heavy atom. The van der Waals surface area contributed by atoms with Crippen LogP contribution >= 0.6 is 0 Å². The van der Waals surface area contributed by atoms with E-state index in [1.807, 2.05) is 61.5 Å². The van der Waals surface area contributed by atoms with Crippen LogP contribution in [0, 0.1) is 5.92 Å². The van der Waals surface area contributed by atoms with E-state index in [9.17, 15) is 14.4 Å². The lowest BCUT2D eigenvalue weighted by atomic mass is 9.96. The number of hydrogen-bond acceptors (Lipinski definition) is 4. The summed E-state index contributed by atoms with van der Waals surface area (Å²) in [5.41, 5.74) is 3.23. The molecule has 198 valence electrons. The van der Waals surface area contributed by atoms with E-state index >= 15 is 0 Å². The third-order valence-electron chi connectivity index (χ3n) is 7.23. The SMILES string of the molecule is CC[C@H](C)[C@@H]1NCc2ccccc2C/C=C\CNC(=O)[C@@H](Cc2ccccc2)NC(=O)[C@@H](C)N(C)C1=O. The van der Waals surface area contributed by atoms with Gasteiger partial charge in [0.25, 0.3) is 0 Å². The van der Waals surface area contributed by atoms with Crippen LogP contribution in [-0.2, 0) is 33.8 Å². The molecule has 0 aromatic heterocycles. The molecule has 3 amide bonds. The monoisotopic (exact) mass is 504 g/mol. The van der Waals surface area contributed by atoms with E-state index in [1.54, 1.807) is 14.0 Å². The predicted octanol–water partition coefficient (Wildman–Crippen LogP) is 2.99. The Labute approximate surface area is 220 Å². The lowest BCUT2D eigenvalue weighted by Crippen LogP contribution is -2.57. The van der Waals surface area contributed by atoms with Gasteiger partial charge in [0.15, 0.2) is 0 Å². The third kappa shape index (κ3) is 7.76. The molecule has 0 saturated carbocycles. The van der Waals surface area contributed by atoms with Gasteiger partial charge >= 0.3 is 0 Å². The van der Waals surface area contributed by atoms with Crippen LogP contribution in [0.15, 0.2) is 66.7 Å². The molecule has 1 heterocycles. The van der Waals surface area contributed by atoms with Gasteiger partial charge in [0.1, 0.15) is 12.1 Å². The van der Waals surface area contributed by atoms with Crippen molar-refractivity contribution in [2.45, 2.75) is 64.7 Å². The Bertz CT molecular complexity index is 1090. The maximum absolute atomic E-state index is 13.6. The minimum atomic E-state index is -0.755. The van der Waals surface area contributed by atoms with E-state index in [-0.39, 0.29) is 23.6 Å². The van der Waals surface area contributed by atoms with E-state index in [2.05, 4.69) is 35.0 Å². The summed E-state index contributed by atoms with van der Waals surface area (Å²) in [6.07, 6.45) is 5.87. The van der Waals surface area contributed by atoms with Gasteiger partial charge in [-0.2, -0.15) is 0 Å². The normalized spacial score (nSPS) is 23.8. The van der Waals surface area contributed by atoms with Crippen LogP contribution in [0.3, 0.4) is 0 Å². The molecule has 0 unspecified atom stereocenters. The number of allylic oxidation sites excluding steroid dienone is 1. The maximum Gasteiger partial charge on any atom is 0.243 e. The maximum atomic E-state index is 13.6. The molecule has 1 aliphatic heterocycles. The number of hydrogen-bond donors (Lipinski definition) is 3. The first kappa shape index (κ1) is 28.1. The average molecular weight is 505 g/mol. The van der Waals surface area contributed by atoms with Crippen molar-refractivity contribution in [3.63, 3.8) is 0 Å². The number of nitrogens with zero attached hydrogens (tertiary/aromatic N) is 1. The summed E-state index contributed by atoms with van der Waals surface area (Å²) >= 11 is 0. The first-order valence-electron chi connectivity index (χ1n) is 13.2. The summed E-state index contributed by atoms with van der Waals surface area (Å²) < 4.78 is 0. The summed E-state index contributed by atoms with van der Waals surface area (Å²) in [6.45, 7) is 6.72. The molecule has 7 nitrogen and oxygen atoms in total. The molecule has 1 aliphatic rings. The largest absolute Gasteiger partial charge is 0.351 e. The van der Waals surface area contributed by atoms with Crippen LogP contribution in [0.25, 0.3) is 0 Å². The second-order valence-electron chi connectivity index (χ2n) is 9.81. The Balaban J connectivity index is 1.90. The highest BCUT2D eigenvalue weighted by molar-refractivity contribution is 5.93. The summed E-state index contributed by atoms with van der Waals surface area (Å²) in [6, 6.07) is 15.8. The van der Waals surface area contributed by atoms with E-state index in [4.69, 9.17) is 0 Å². The average Bonchev–Trinajstić information content (AvgIpc) is 2.92. The van der Waals surface area contributed by atoms with Gasteiger partial charge in [-0.1, -0.05) is 87.0 Å². The molecule has 3 rings (SSSR count). The number of carbonyl (C=O) groups is 3. The summed E-state index contributed by atoms with van der Waals surface area (Å²) in [5, 5.41) is 9.29. The Hall–Kier alpha value is -3.45. The molecule has 0 fully saturated rings. The fraction of sp³-hybridized carbons (Fsp3) is 0.433. The molecule has 0 aliphatic carbocycles. The van der Waals surface area contributed by atoms with Gasteiger partial charge in [-0.3, -0.25) is 14.4 Å². The molecule has 2 aromatic carbocycles. The highest BCUT2D eigenvalue weighted by atomic mass is 16.2. The van der Waals surface area contributed by atoms with Gasteiger partial charge in [-0.15, -0.1) is 0 Å². The van der Waals surface area contributed by atoms with Crippen molar-refractivity contribution in [2.24, 2.45) is 5.92 Å². The molecule has 0 radical (unpaired) electrons. The van der Waals surface area contributed by atoms with Crippen LogP contribution < -0.4 is 16.0 Å². The second-order valence-corrected chi connectivity index (χ2v) is 9.81. The number of nitrogens with one attached hydrogen (secondary N) is 3. The van der Waals surface area contributed by atoms with E-state index in [0.29, 0.717) is 19.5 Å². The van der Waals surface area contributed by atoms with Crippen LogP contribution in [-0.4, -0.2) is 54.3 Å². The quantitative estimate of drug-likeness (QED) is 0.559. The molecular formula is C30H40N4O3. The Kier molecular flexibility index (Phi) is 10.4. The number of rotatable bonds is 4. The summed E-state index contributed by atoms with van der Waals surface area (Å²) in [7, 11) is 1.65. The fourth-order valence-corrected chi connectivity index (χ4v) is 4.43. The molecule has 0 saturated heterocycles. The van der Waals surface area contributed by atoms with E-state index in [0.717, 1.165) is 29.5 Å². The highest BCUT2D eigenvalue weighted by Crippen LogP contribution is 2.16. The number of benzene rings is 2. The zero-order valence-electron chi connectivity index (χ0n) is 22.4. The number of carbonyl (C=O) groups excluding carboxylic acids is 3. The molecule has 2 aromatic rings. The molecule has 7 heteroatoms. The standard InChI is InChI=1S/C30H40N4O3/c1-5-21(2)27-30(37)34(4)22(3)28(35)33-26(19-23-13-7-6-8-14-23)29(36)31-18-12-11-16-24-15-9-10-17-25(24)20-32-27/h6-15,17,21-22,26-27,32H,5,16,18-20H2,1-4H3,(H,31,36)(H,33,35)/b12-11-/t21-,22+,26+,27-/m0/s1. The molecule has 0 bridgehead atoms. The second kappa shape index (κ2) is 13.7. The van der Waals surface area contributed by atoms with Gasteiger partial charge in [-0.25, -0.2) is 0 Å². The van der Waals surface area contributed by atoms with Crippen molar-refractivity contribution in [3.05, 3.63) is 83.4 Å². The van der Waals surface area contributed by atoms with Crippen molar-refractivity contribution < 1.29 is 14.4 Å². The van der Waals surface area contributed by atoms with Crippen LogP contribution in [0.4, 0.5) is 0 Å². The Morgan fingerprint density at radius 2 is 1.62 bits per heavy atom. The van der Waals surface area contributed by atoms with Gasteiger partial charge in [0.2, 0.25) is 17.7 Å². The van der Waals surface area contributed by atoms with Crippen molar-refractivity contribution in [1.29, 1.82) is 0 Å². The zero-order chi connectivity index (χ0) is 26.8. The van der Waals surface area contributed by atoms with Crippen molar-refractivity contribution >= 4 is 17.7 Å². The van der Waals surface area contributed by atoms with Gasteiger partial charge in [0, 0.05) is 26.6 Å². The smallest absolute Gasteiger partial charge is 0.243 e. The van der Waals surface area contributed by atoms with Crippen molar-refractivity contribution in [3.8, 4) is 0 Å². The summed E-state index contributed by atoms with van der Waals surface area (Å²) in [4.78, 5) is 41.4. The number of fused-ring (bicyclic) bond motifs is 1. The van der Waals surface area contributed by atoms with Crippen LogP contribution in [0.5, 0.6) is 0 Å². The topological polar surface area (TPSA) is 90.5 Å². The van der Waals surface area contributed by atoms with Crippen molar-refractivity contribution in [2.75, 3.05) is 13.6 Å². The lowest BCUT2D eigenvalue weighted by Gasteiger charge is -2.32. The van der Waals surface area contributed by atoms with Crippen LogP contribution in [0.1, 0.15) is 43.9 Å². The van der Waals surface area contributed by atoms with Gasteiger partial charge < -0.3 is 20.9 Å². The number of likely N-dealkylation sites (N-methyl/N-ethyl adjacent to an activating group) is 1.